The van der Waals surface area contributed by atoms with Crippen LogP contribution in [0.15, 0.2) is 372 Å². The lowest BCUT2D eigenvalue weighted by molar-refractivity contribution is 0.624. The molecule has 0 amide bonds. The van der Waals surface area contributed by atoms with Gasteiger partial charge in [0, 0.05) is 53.7 Å². The van der Waals surface area contributed by atoms with E-state index in [1.165, 1.54) is 0 Å². The molecule has 2 unspecified atom stereocenters. The summed E-state index contributed by atoms with van der Waals surface area (Å²) in [5.41, 5.74) is 22.1. The van der Waals surface area contributed by atoms with Gasteiger partial charge in [-0.25, -0.2) is 8.78 Å². The summed E-state index contributed by atoms with van der Waals surface area (Å²) in [6.07, 6.45) is 3.73. The fourth-order valence-corrected chi connectivity index (χ4v) is 16.2. The topological polar surface area (TPSA) is 6.48 Å². The van der Waals surface area contributed by atoms with Gasteiger partial charge in [0.1, 0.15) is 11.6 Å². The lowest BCUT2D eigenvalue weighted by Gasteiger charge is -2.35. The largest absolute Gasteiger partial charge is 0.310 e. The molecule has 0 aromatic heterocycles. The summed E-state index contributed by atoms with van der Waals surface area (Å²) >= 11 is 3.45. The van der Waals surface area contributed by atoms with Crippen LogP contribution in [-0.4, -0.2) is 0 Å². The van der Waals surface area contributed by atoms with Crippen molar-refractivity contribution in [2.45, 2.75) is 30.4 Å². The van der Waals surface area contributed by atoms with Crippen molar-refractivity contribution in [3.8, 4) is 33.4 Å². The van der Waals surface area contributed by atoms with Crippen molar-refractivity contribution in [1.82, 2.24) is 0 Å². The van der Waals surface area contributed by atoms with Crippen LogP contribution >= 0.6 is 23.5 Å². The fourth-order valence-electron chi connectivity index (χ4n) is 14.6. The first kappa shape index (κ1) is 59.7. The van der Waals surface area contributed by atoms with Crippen LogP contribution in [-0.2, 0) is 10.8 Å². The van der Waals surface area contributed by atoms with Crippen LogP contribution in [0.2, 0.25) is 0 Å². The summed E-state index contributed by atoms with van der Waals surface area (Å²) in [5.74, 6) is -0.552. The van der Waals surface area contributed by atoms with E-state index in [0.717, 1.165) is 143 Å². The molecule has 0 spiro atoms. The van der Waals surface area contributed by atoms with Crippen molar-refractivity contribution in [2.24, 2.45) is 0 Å². The molecule has 2 aliphatic rings. The number of halogens is 2. The molecule has 14 aromatic rings. The van der Waals surface area contributed by atoms with Crippen molar-refractivity contribution >= 4 is 69.8 Å². The molecular weight excluding hydrogens is 1210 g/mol. The summed E-state index contributed by atoms with van der Waals surface area (Å²) in [4.78, 5) is 9.21. The normalized spacial score (nSPS) is 14.8. The molecule has 14 aromatic carbocycles. The van der Waals surface area contributed by atoms with E-state index < -0.39 is 10.8 Å². The number of hydrogen-bond acceptors (Lipinski definition) is 4. The number of fused-ring (bicyclic) bond motifs is 6. The average Bonchev–Trinajstić information content (AvgIpc) is 1.53. The van der Waals surface area contributed by atoms with Crippen LogP contribution < -0.4 is 9.80 Å². The molecule has 0 saturated heterocycles. The van der Waals surface area contributed by atoms with Gasteiger partial charge in [-0.3, -0.25) is 0 Å². The first-order valence-corrected chi connectivity index (χ1v) is 33.8. The lowest BCUT2D eigenvalue weighted by atomic mass is 9.67. The third-order valence-electron chi connectivity index (χ3n) is 19.0. The minimum atomic E-state index is -0.771. The summed E-state index contributed by atoms with van der Waals surface area (Å²) in [6.45, 7) is 7.87. The Bertz CT molecular complexity index is 4850. The molecule has 0 bridgehead atoms. The van der Waals surface area contributed by atoms with Gasteiger partial charge >= 0.3 is 0 Å². The molecule has 0 fully saturated rings. The number of anilines is 6. The molecular formula is C90H62F2N2S2. The fraction of sp³-hybridized carbons (Fsp3) is 0.0222. The van der Waals surface area contributed by atoms with Crippen molar-refractivity contribution in [3.63, 3.8) is 0 Å². The van der Waals surface area contributed by atoms with Gasteiger partial charge < -0.3 is 9.80 Å². The van der Waals surface area contributed by atoms with Gasteiger partial charge in [-0.2, -0.15) is 0 Å². The second kappa shape index (κ2) is 25.2. The van der Waals surface area contributed by atoms with Gasteiger partial charge in [-0.05, 0) is 235 Å². The molecule has 0 saturated carbocycles. The molecule has 6 heteroatoms. The summed E-state index contributed by atoms with van der Waals surface area (Å²) < 4.78 is 30.2. The maximum atomic E-state index is 15.1. The van der Waals surface area contributed by atoms with E-state index in [1.807, 2.05) is 36.4 Å². The van der Waals surface area contributed by atoms with Gasteiger partial charge in [0.15, 0.2) is 0 Å². The molecule has 0 radical (unpaired) electrons. The van der Waals surface area contributed by atoms with Crippen LogP contribution in [0.4, 0.5) is 42.9 Å². The molecule has 96 heavy (non-hydrogen) atoms. The van der Waals surface area contributed by atoms with Crippen LogP contribution in [0, 0.1) is 11.6 Å². The summed E-state index contributed by atoms with van der Waals surface area (Å²) in [7, 11) is 0. The summed E-state index contributed by atoms with van der Waals surface area (Å²) in [6, 6.07) is 119. The monoisotopic (exact) mass is 1270 g/mol. The number of nitrogens with zero attached hydrogens (tertiary/aromatic N) is 2. The quantitative estimate of drug-likeness (QED) is 0.0896. The van der Waals surface area contributed by atoms with E-state index in [1.54, 1.807) is 47.8 Å². The molecule has 2 nitrogen and oxygen atoms in total. The molecule has 0 heterocycles. The molecule has 0 aliphatic heterocycles. The standard InChI is InChI=1S/C90H62F2N2S2/c1-3-61-23-49-77(50-24-61)95-79-53-35-67(36-54-79)89(65-31-39-69(91)40-32-65)85-21-13-11-19-81(85)83-57-47-75(59-87(83)89)93(71-15-7-5-8-16-71)73-43-27-63(28-44-73)64-29-45-74(46-30-64)94(72-17-9-6-10-18-72)76-48-58-84-82-20-12-14-22-86(82)90(88(84)60-76,66-33-41-70(92)42-34-66)68-37-55-80(56-38-68)96-78-51-25-62(4-2)26-52-78/h3-60H,1-2H2. The van der Waals surface area contributed by atoms with Crippen molar-refractivity contribution in [1.29, 1.82) is 0 Å². The highest BCUT2D eigenvalue weighted by Gasteiger charge is 2.48. The minimum absolute atomic E-state index is 0.276. The second-order valence-electron chi connectivity index (χ2n) is 24.3. The Labute approximate surface area is 568 Å². The van der Waals surface area contributed by atoms with Crippen LogP contribution in [0.3, 0.4) is 0 Å². The van der Waals surface area contributed by atoms with Crippen LogP contribution in [0.5, 0.6) is 0 Å². The first-order valence-electron chi connectivity index (χ1n) is 32.2. The summed E-state index contributed by atoms with van der Waals surface area (Å²) in [5, 5.41) is 0. The van der Waals surface area contributed by atoms with Crippen LogP contribution in [0.25, 0.3) is 45.5 Å². The Morgan fingerprint density at radius 2 is 0.542 bits per heavy atom. The molecule has 458 valence electrons. The van der Waals surface area contributed by atoms with E-state index in [2.05, 4.69) is 314 Å². The maximum absolute atomic E-state index is 15.1. The van der Waals surface area contributed by atoms with Gasteiger partial charge in [0.25, 0.3) is 0 Å². The molecule has 2 aliphatic carbocycles. The highest BCUT2D eigenvalue weighted by atomic mass is 32.2. The SMILES string of the molecule is C=Cc1ccc(Sc2ccc(C3(c4ccc(F)cc4)c4ccccc4-c4ccc(N(c5ccccc5)c5ccc(-c6ccc(N(c7ccccc7)c7ccc8c(c7)C(c7ccc(F)cc7)(c7ccc(Sc9ccc(C=C)cc9)cc7)c7ccccc7-8)cc6)cc5)cc43)cc2)cc1. The van der Waals surface area contributed by atoms with Gasteiger partial charge in [-0.15, -0.1) is 0 Å². The molecule has 0 N–H and O–H groups in total. The van der Waals surface area contributed by atoms with E-state index in [4.69, 9.17) is 0 Å². The maximum Gasteiger partial charge on any atom is 0.123 e. The third-order valence-corrected chi connectivity index (χ3v) is 21.0. The number of rotatable bonds is 17. The van der Waals surface area contributed by atoms with E-state index in [-0.39, 0.29) is 11.6 Å². The van der Waals surface area contributed by atoms with Crippen molar-refractivity contribution < 1.29 is 8.78 Å². The van der Waals surface area contributed by atoms with Crippen LogP contribution in [0.1, 0.15) is 55.6 Å². The van der Waals surface area contributed by atoms with Crippen molar-refractivity contribution in [3.05, 3.63) is 420 Å². The molecule has 16 rings (SSSR count). The van der Waals surface area contributed by atoms with Gasteiger partial charge in [-0.1, -0.05) is 243 Å². The second-order valence-corrected chi connectivity index (χ2v) is 26.6. The van der Waals surface area contributed by atoms with Gasteiger partial charge in [0.05, 0.1) is 10.8 Å². The third kappa shape index (κ3) is 10.6. The Morgan fingerprint density at radius 1 is 0.260 bits per heavy atom. The highest BCUT2D eigenvalue weighted by Crippen LogP contribution is 2.60. The lowest BCUT2D eigenvalue weighted by Crippen LogP contribution is -2.29. The Hall–Kier alpha value is -11.3. The Kier molecular flexibility index (Phi) is 15.7. The zero-order valence-electron chi connectivity index (χ0n) is 52.4. The predicted octanol–water partition coefficient (Wildman–Crippen LogP) is 24.9. The van der Waals surface area contributed by atoms with Gasteiger partial charge in [0.2, 0.25) is 0 Å². The van der Waals surface area contributed by atoms with Crippen molar-refractivity contribution in [2.75, 3.05) is 9.80 Å². The minimum Gasteiger partial charge on any atom is -0.310 e. The number of hydrogen-bond donors (Lipinski definition) is 0. The smallest absolute Gasteiger partial charge is 0.123 e. The van der Waals surface area contributed by atoms with E-state index in [9.17, 15) is 0 Å². The van der Waals surface area contributed by atoms with E-state index >= 15 is 8.78 Å². The Balaban J connectivity index is 0.755. The first-order chi connectivity index (χ1) is 47.3. The van der Waals surface area contributed by atoms with E-state index in [0.29, 0.717) is 0 Å². The zero-order chi connectivity index (χ0) is 64.7. The predicted molar refractivity (Wildman–Crippen MR) is 397 cm³/mol. The number of benzene rings is 14. The molecule has 2 atom stereocenters. The number of para-hydroxylation sites is 2. The zero-order valence-corrected chi connectivity index (χ0v) is 54.0. The Morgan fingerprint density at radius 3 is 0.885 bits per heavy atom. The average molecular weight is 1270 g/mol. The highest BCUT2D eigenvalue weighted by molar-refractivity contribution is 7.99.